The van der Waals surface area contributed by atoms with Gasteiger partial charge in [-0.1, -0.05) is 18.5 Å². The number of carbonyl (C=O) groups excluding carboxylic acids is 1. The summed E-state index contributed by atoms with van der Waals surface area (Å²) in [5, 5.41) is 3.66. The molecule has 0 saturated carbocycles. The van der Waals surface area contributed by atoms with E-state index in [2.05, 4.69) is 5.32 Å². The normalized spacial score (nSPS) is 10.3. The first-order valence-corrected chi connectivity index (χ1v) is 7.35. The summed E-state index contributed by atoms with van der Waals surface area (Å²) in [6.45, 7) is 6.08. The van der Waals surface area contributed by atoms with Gasteiger partial charge in [0.25, 0.3) is 5.91 Å². The molecule has 0 aliphatic rings. The minimum Gasteiger partial charge on any atom is -0.493 e. The molecule has 0 bridgehead atoms. The van der Waals surface area contributed by atoms with Gasteiger partial charge in [0, 0.05) is 20.1 Å². The molecule has 0 unspecified atom stereocenters. The number of benzene rings is 1. The van der Waals surface area contributed by atoms with E-state index in [9.17, 15) is 4.79 Å². The average molecular weight is 315 g/mol. The highest BCUT2D eigenvalue weighted by Gasteiger charge is 2.15. The van der Waals surface area contributed by atoms with Crippen molar-refractivity contribution >= 4 is 17.5 Å². The van der Waals surface area contributed by atoms with Crippen LogP contribution in [-0.2, 0) is 11.3 Å². The second-order valence-corrected chi connectivity index (χ2v) is 4.99. The number of hydrogen-bond acceptors (Lipinski definition) is 4. The number of carbonyl (C=O) groups is 1. The van der Waals surface area contributed by atoms with Crippen LogP contribution < -0.4 is 14.8 Å². The first kappa shape index (κ1) is 17.6. The molecule has 5 nitrogen and oxygen atoms in total. The Kier molecular flexibility index (Phi) is 7.32. The number of rotatable bonds is 8. The van der Waals surface area contributed by atoms with Crippen LogP contribution in [0.5, 0.6) is 11.5 Å². The fraction of sp³-hybridized carbons (Fsp3) is 0.533. The molecule has 1 amide bonds. The molecule has 1 N–H and O–H groups in total. The number of nitrogens with one attached hydrogen (secondary N) is 1. The number of likely N-dealkylation sites (N-methyl/N-ethyl adjacent to an activating group) is 1. The predicted molar refractivity (Wildman–Crippen MR) is 84.2 cm³/mol. The van der Waals surface area contributed by atoms with E-state index < -0.39 is 0 Å². The van der Waals surface area contributed by atoms with E-state index in [0.29, 0.717) is 29.6 Å². The lowest BCUT2D eigenvalue weighted by molar-refractivity contribution is -0.131. The summed E-state index contributed by atoms with van der Waals surface area (Å²) in [6.07, 6.45) is 0. The molecular weight excluding hydrogens is 292 g/mol. The summed E-state index contributed by atoms with van der Waals surface area (Å²) >= 11 is 6.23. The lowest BCUT2D eigenvalue weighted by atomic mass is 10.2. The van der Waals surface area contributed by atoms with E-state index >= 15 is 0 Å². The molecule has 0 heterocycles. The van der Waals surface area contributed by atoms with Crippen molar-refractivity contribution in [2.24, 2.45) is 0 Å². The molecule has 0 saturated heterocycles. The number of halogens is 1. The fourth-order valence-corrected chi connectivity index (χ4v) is 1.99. The number of ether oxygens (including phenoxy) is 2. The van der Waals surface area contributed by atoms with Crippen LogP contribution in [0.15, 0.2) is 12.1 Å². The molecule has 21 heavy (non-hydrogen) atoms. The standard InChI is InChI=1S/C15H23ClN2O3/c1-5-17-9-11-7-12(16)15(13(8-11)20-4)21-10-14(19)18(3)6-2/h7-8,17H,5-6,9-10H2,1-4H3. The van der Waals surface area contributed by atoms with Crippen molar-refractivity contribution in [1.82, 2.24) is 10.2 Å². The second kappa shape index (κ2) is 8.74. The van der Waals surface area contributed by atoms with Crippen molar-refractivity contribution in [2.75, 3.05) is 33.9 Å². The quantitative estimate of drug-likeness (QED) is 0.800. The van der Waals surface area contributed by atoms with Crippen LogP contribution >= 0.6 is 11.6 Å². The van der Waals surface area contributed by atoms with Gasteiger partial charge < -0.3 is 19.7 Å². The second-order valence-electron chi connectivity index (χ2n) is 4.59. The summed E-state index contributed by atoms with van der Waals surface area (Å²) in [6, 6.07) is 3.67. The number of methoxy groups -OCH3 is 1. The Labute approximate surface area is 131 Å². The molecule has 0 spiro atoms. The molecule has 0 atom stereocenters. The third-order valence-electron chi connectivity index (χ3n) is 3.11. The van der Waals surface area contributed by atoms with Crippen molar-refractivity contribution in [3.05, 3.63) is 22.7 Å². The highest BCUT2D eigenvalue weighted by Crippen LogP contribution is 2.36. The maximum Gasteiger partial charge on any atom is 0.260 e. The maximum absolute atomic E-state index is 11.8. The van der Waals surface area contributed by atoms with Gasteiger partial charge in [-0.25, -0.2) is 0 Å². The van der Waals surface area contributed by atoms with E-state index in [1.165, 1.54) is 0 Å². The number of hydrogen-bond donors (Lipinski definition) is 1. The highest BCUT2D eigenvalue weighted by molar-refractivity contribution is 6.32. The van der Waals surface area contributed by atoms with Gasteiger partial charge in [-0.3, -0.25) is 4.79 Å². The minimum absolute atomic E-state index is 0.0625. The van der Waals surface area contributed by atoms with E-state index in [1.54, 1.807) is 19.1 Å². The largest absolute Gasteiger partial charge is 0.493 e. The maximum atomic E-state index is 11.8. The summed E-state index contributed by atoms with van der Waals surface area (Å²) in [5.74, 6) is 0.826. The molecular formula is C15H23ClN2O3. The zero-order valence-electron chi connectivity index (χ0n) is 13.0. The molecule has 0 aliphatic heterocycles. The Balaban J connectivity index is 2.84. The van der Waals surface area contributed by atoms with Gasteiger partial charge in [0.15, 0.2) is 18.1 Å². The van der Waals surface area contributed by atoms with Gasteiger partial charge >= 0.3 is 0 Å². The Morgan fingerprint density at radius 2 is 2.10 bits per heavy atom. The van der Waals surface area contributed by atoms with Crippen LogP contribution in [0.2, 0.25) is 5.02 Å². The first-order valence-electron chi connectivity index (χ1n) is 6.97. The van der Waals surface area contributed by atoms with Gasteiger partial charge in [-0.2, -0.15) is 0 Å². The Bertz CT molecular complexity index is 480. The summed E-state index contributed by atoms with van der Waals surface area (Å²) < 4.78 is 10.8. The molecule has 0 radical (unpaired) electrons. The molecule has 1 aromatic rings. The fourth-order valence-electron chi connectivity index (χ4n) is 1.71. The summed E-state index contributed by atoms with van der Waals surface area (Å²) in [5.41, 5.74) is 1.00. The van der Waals surface area contributed by atoms with Crippen LogP contribution in [0.4, 0.5) is 0 Å². The zero-order chi connectivity index (χ0) is 15.8. The third kappa shape index (κ3) is 5.10. The summed E-state index contributed by atoms with van der Waals surface area (Å²) in [7, 11) is 3.28. The minimum atomic E-state index is -0.104. The Hall–Kier alpha value is -1.46. The Morgan fingerprint density at radius 3 is 2.67 bits per heavy atom. The van der Waals surface area contributed by atoms with Crippen LogP contribution in [0.3, 0.4) is 0 Å². The number of amides is 1. The van der Waals surface area contributed by atoms with Gasteiger partial charge in [0.05, 0.1) is 12.1 Å². The molecule has 0 fully saturated rings. The average Bonchev–Trinajstić information content (AvgIpc) is 2.49. The molecule has 0 aromatic heterocycles. The monoisotopic (exact) mass is 314 g/mol. The SMILES string of the molecule is CCNCc1cc(Cl)c(OCC(=O)N(C)CC)c(OC)c1. The van der Waals surface area contributed by atoms with E-state index in [4.69, 9.17) is 21.1 Å². The first-order chi connectivity index (χ1) is 10.0. The van der Waals surface area contributed by atoms with Gasteiger partial charge in [-0.15, -0.1) is 0 Å². The molecule has 118 valence electrons. The molecule has 1 aromatic carbocycles. The van der Waals surface area contributed by atoms with Crippen LogP contribution in [0.25, 0.3) is 0 Å². The highest BCUT2D eigenvalue weighted by atomic mass is 35.5. The van der Waals surface area contributed by atoms with Gasteiger partial charge in [0.1, 0.15) is 0 Å². The topological polar surface area (TPSA) is 50.8 Å². The lowest BCUT2D eigenvalue weighted by Crippen LogP contribution is -2.31. The molecule has 0 aliphatic carbocycles. The van der Waals surface area contributed by atoms with Gasteiger partial charge in [-0.05, 0) is 31.2 Å². The van der Waals surface area contributed by atoms with Crippen molar-refractivity contribution in [3.63, 3.8) is 0 Å². The van der Waals surface area contributed by atoms with Crippen molar-refractivity contribution in [2.45, 2.75) is 20.4 Å². The van der Waals surface area contributed by atoms with Crippen molar-refractivity contribution < 1.29 is 14.3 Å². The summed E-state index contributed by atoms with van der Waals surface area (Å²) in [4.78, 5) is 13.4. The van der Waals surface area contributed by atoms with E-state index in [1.807, 2.05) is 26.0 Å². The van der Waals surface area contributed by atoms with E-state index in [0.717, 1.165) is 12.1 Å². The Morgan fingerprint density at radius 1 is 1.38 bits per heavy atom. The molecule has 1 rings (SSSR count). The van der Waals surface area contributed by atoms with Crippen molar-refractivity contribution in [3.8, 4) is 11.5 Å². The van der Waals surface area contributed by atoms with Crippen LogP contribution in [0.1, 0.15) is 19.4 Å². The predicted octanol–water partition coefficient (Wildman–Crippen LogP) is 2.32. The van der Waals surface area contributed by atoms with Crippen LogP contribution in [-0.4, -0.2) is 44.7 Å². The van der Waals surface area contributed by atoms with Crippen molar-refractivity contribution in [1.29, 1.82) is 0 Å². The van der Waals surface area contributed by atoms with Crippen LogP contribution in [0, 0.1) is 0 Å². The number of nitrogens with zero attached hydrogens (tertiary/aromatic N) is 1. The third-order valence-corrected chi connectivity index (χ3v) is 3.39. The lowest BCUT2D eigenvalue weighted by Gasteiger charge is -2.17. The van der Waals surface area contributed by atoms with E-state index in [-0.39, 0.29) is 12.5 Å². The smallest absolute Gasteiger partial charge is 0.260 e. The zero-order valence-corrected chi connectivity index (χ0v) is 13.8. The van der Waals surface area contributed by atoms with Gasteiger partial charge in [0.2, 0.25) is 0 Å². The molecule has 6 heteroatoms.